The van der Waals surface area contributed by atoms with E-state index in [9.17, 15) is 0 Å². The van der Waals surface area contributed by atoms with Gasteiger partial charge in [-0.05, 0) is 23.9 Å². The molecule has 0 saturated heterocycles. The molecule has 0 saturated carbocycles. The maximum atomic E-state index is 5.84. The van der Waals surface area contributed by atoms with Gasteiger partial charge >= 0.3 is 0 Å². The highest BCUT2D eigenvalue weighted by Gasteiger charge is 2.14. The Labute approximate surface area is 69.0 Å². The third-order valence-corrected chi connectivity index (χ3v) is 1.57. The molecule has 0 amide bonds. The smallest absolute Gasteiger partial charge is 0.124 e. The summed E-state index contributed by atoms with van der Waals surface area (Å²) >= 11 is 0. The van der Waals surface area contributed by atoms with E-state index in [2.05, 4.69) is 4.98 Å². The molecule has 11 heavy (non-hydrogen) atoms. The fourth-order valence-corrected chi connectivity index (χ4v) is 0.849. The van der Waals surface area contributed by atoms with Crippen LogP contribution in [0.4, 0.5) is 0 Å². The molecule has 0 radical (unpaired) electrons. The van der Waals surface area contributed by atoms with Crippen molar-refractivity contribution in [1.29, 1.82) is 0 Å². The van der Waals surface area contributed by atoms with Gasteiger partial charge in [0.2, 0.25) is 0 Å². The summed E-state index contributed by atoms with van der Waals surface area (Å²) in [5.41, 5.74) is 7.94. The third kappa shape index (κ3) is 2.09. The number of aryl methyl sites for hydroxylation is 1. The van der Waals surface area contributed by atoms with Gasteiger partial charge in [0, 0.05) is 11.9 Å². The Bertz CT molecular complexity index is 238. The number of rotatable bonds is 1. The van der Waals surface area contributed by atoms with Gasteiger partial charge in [0.05, 0.1) is 0 Å². The molecule has 0 spiro atoms. The topological polar surface area (TPSA) is 38.9 Å². The van der Waals surface area contributed by atoms with Gasteiger partial charge in [-0.2, -0.15) is 0 Å². The molecule has 2 N–H and O–H groups in total. The predicted molar refractivity (Wildman–Crippen MR) is 51.9 cm³/mol. The summed E-state index contributed by atoms with van der Waals surface area (Å²) in [5.74, 6) is 0. The van der Waals surface area contributed by atoms with Crippen molar-refractivity contribution < 1.29 is 0 Å². The van der Waals surface area contributed by atoms with Gasteiger partial charge in [-0.15, -0.1) is 0 Å². The Balaban J connectivity index is 2.99. The predicted octanol–water partition coefficient (Wildman–Crippen LogP) is -1.27. The zero-order chi connectivity index (χ0) is 8.48. The van der Waals surface area contributed by atoms with Gasteiger partial charge in [0.1, 0.15) is 15.7 Å². The molecule has 0 aliphatic carbocycles. The van der Waals surface area contributed by atoms with E-state index in [0.717, 1.165) is 11.3 Å². The number of nitrogens with zero attached hydrogens (tertiary/aromatic N) is 1. The van der Waals surface area contributed by atoms with Crippen LogP contribution in [0.3, 0.4) is 0 Å². The summed E-state index contributed by atoms with van der Waals surface area (Å²) in [6, 6.07) is 3.99. The van der Waals surface area contributed by atoms with Crippen LogP contribution >= 0.6 is 0 Å². The molecular weight excluding hydrogens is 134 g/mol. The molecule has 4 heteroatoms. The molecule has 0 atom stereocenters. The lowest BCUT2D eigenvalue weighted by Crippen LogP contribution is -2.38. The van der Waals surface area contributed by atoms with Crippen molar-refractivity contribution >= 4 is 15.7 Å². The van der Waals surface area contributed by atoms with E-state index in [1.165, 1.54) is 0 Å². The number of pyridine rings is 1. The Kier molecular flexibility index (Phi) is 2.05. The summed E-state index contributed by atoms with van der Waals surface area (Å²) < 4.78 is 0. The van der Waals surface area contributed by atoms with Crippen molar-refractivity contribution in [2.24, 2.45) is 5.73 Å². The molecule has 1 aromatic rings. The van der Waals surface area contributed by atoms with Crippen LogP contribution in [0.25, 0.3) is 0 Å². The molecule has 1 rings (SSSR count). The van der Waals surface area contributed by atoms with Crippen molar-refractivity contribution in [3.8, 4) is 0 Å². The Morgan fingerprint density at radius 2 is 2.09 bits per heavy atom. The van der Waals surface area contributed by atoms with Gasteiger partial charge in [0.15, 0.2) is 0 Å². The number of nitrogens with two attached hydrogens (primary N) is 1. The standard InChI is InChI=1S/C7H12B2N2/c1-5-2-3-6(11-4-5)7(8,9)10/h2-4H,8-10H2,1H3. The lowest BCUT2D eigenvalue weighted by Gasteiger charge is -2.17. The highest BCUT2D eigenvalue weighted by atomic mass is 14.8. The van der Waals surface area contributed by atoms with E-state index in [4.69, 9.17) is 5.73 Å². The van der Waals surface area contributed by atoms with Crippen LogP contribution in [0.1, 0.15) is 11.3 Å². The summed E-state index contributed by atoms with van der Waals surface area (Å²) in [5, 5.41) is -0.326. The Morgan fingerprint density at radius 3 is 2.45 bits per heavy atom. The lowest BCUT2D eigenvalue weighted by molar-refractivity contribution is 0.858. The molecule has 0 bridgehead atoms. The maximum Gasteiger partial charge on any atom is 0.124 e. The van der Waals surface area contributed by atoms with Crippen molar-refractivity contribution in [2.75, 3.05) is 0 Å². The fourth-order valence-electron chi connectivity index (χ4n) is 0.849. The highest BCUT2D eigenvalue weighted by Crippen LogP contribution is 2.07. The van der Waals surface area contributed by atoms with Gasteiger partial charge in [-0.25, -0.2) is 0 Å². The molecule has 0 unspecified atom stereocenters. The number of aromatic nitrogens is 1. The lowest BCUT2D eigenvalue weighted by atomic mass is 9.61. The molecule has 2 nitrogen and oxygen atoms in total. The number of hydrogen-bond acceptors (Lipinski definition) is 2. The zero-order valence-electron chi connectivity index (χ0n) is 7.26. The minimum atomic E-state index is -0.326. The molecule has 56 valence electrons. The maximum absolute atomic E-state index is 5.84. The van der Waals surface area contributed by atoms with Gasteiger partial charge < -0.3 is 5.73 Å². The van der Waals surface area contributed by atoms with Crippen LogP contribution in [-0.2, 0) is 5.34 Å². The van der Waals surface area contributed by atoms with E-state index in [0.29, 0.717) is 0 Å². The van der Waals surface area contributed by atoms with Gasteiger partial charge in [-0.3, -0.25) is 4.98 Å². The third-order valence-electron chi connectivity index (χ3n) is 1.57. The molecular formula is C7H12B2N2. The van der Waals surface area contributed by atoms with Crippen LogP contribution in [0, 0.1) is 6.92 Å². The molecule has 0 aliphatic heterocycles. The van der Waals surface area contributed by atoms with Crippen LogP contribution in [0.2, 0.25) is 0 Å². The van der Waals surface area contributed by atoms with Crippen molar-refractivity contribution in [1.82, 2.24) is 4.98 Å². The molecule has 0 aliphatic rings. The fraction of sp³-hybridized carbons (Fsp3) is 0.286. The molecule has 1 heterocycles. The summed E-state index contributed by atoms with van der Waals surface area (Å²) in [4.78, 5) is 4.22. The second kappa shape index (κ2) is 2.70. The van der Waals surface area contributed by atoms with E-state index < -0.39 is 0 Å². The van der Waals surface area contributed by atoms with Crippen LogP contribution in [0.5, 0.6) is 0 Å². The summed E-state index contributed by atoms with van der Waals surface area (Å²) in [6.07, 6.45) is 1.84. The Hall–Kier alpha value is -0.760. The summed E-state index contributed by atoms with van der Waals surface area (Å²) in [7, 11) is 3.90. The largest absolute Gasteiger partial charge is 0.334 e. The summed E-state index contributed by atoms with van der Waals surface area (Å²) in [6.45, 7) is 2.01. The monoisotopic (exact) mass is 146 g/mol. The van der Waals surface area contributed by atoms with Crippen molar-refractivity contribution in [2.45, 2.75) is 12.3 Å². The minimum absolute atomic E-state index is 0.326. The normalized spacial score (nSPS) is 11.5. The van der Waals surface area contributed by atoms with Gasteiger partial charge in [0.25, 0.3) is 0 Å². The quantitative estimate of drug-likeness (QED) is 0.501. The van der Waals surface area contributed by atoms with Crippen LogP contribution < -0.4 is 5.73 Å². The second-order valence-electron chi connectivity index (χ2n) is 3.44. The molecule has 0 aromatic carbocycles. The number of hydrogen-bond donors (Lipinski definition) is 1. The second-order valence-corrected chi connectivity index (χ2v) is 3.44. The average molecular weight is 146 g/mol. The first kappa shape index (κ1) is 8.34. The first-order valence-electron chi connectivity index (χ1n) is 3.72. The first-order chi connectivity index (χ1) is 5.00. The Morgan fingerprint density at radius 1 is 1.45 bits per heavy atom. The van der Waals surface area contributed by atoms with Crippen molar-refractivity contribution in [3.05, 3.63) is 29.6 Å². The van der Waals surface area contributed by atoms with E-state index in [1.807, 2.05) is 40.9 Å². The van der Waals surface area contributed by atoms with E-state index >= 15 is 0 Å². The first-order valence-corrected chi connectivity index (χ1v) is 3.72. The van der Waals surface area contributed by atoms with Crippen LogP contribution in [-0.4, -0.2) is 20.7 Å². The SMILES string of the molecule is BC(B)(N)c1ccc(C)cn1. The average Bonchev–Trinajstić information content (AvgIpc) is 1.86. The van der Waals surface area contributed by atoms with E-state index in [-0.39, 0.29) is 5.34 Å². The minimum Gasteiger partial charge on any atom is -0.334 e. The molecule has 1 aromatic heterocycles. The highest BCUT2D eigenvalue weighted by molar-refractivity contribution is 6.39. The zero-order valence-corrected chi connectivity index (χ0v) is 7.26. The van der Waals surface area contributed by atoms with Crippen molar-refractivity contribution in [3.63, 3.8) is 0 Å². The van der Waals surface area contributed by atoms with Gasteiger partial charge in [-0.1, -0.05) is 6.07 Å². The van der Waals surface area contributed by atoms with Crippen LogP contribution in [0.15, 0.2) is 18.3 Å². The van der Waals surface area contributed by atoms with E-state index in [1.54, 1.807) is 0 Å². The molecule has 0 fully saturated rings.